The standard InChI is InChI=1S/C14H20ClF3N2O/c1-3-20(4-2)9-11(21)8-19-13-7-10(14(16,17)18)5-6-12(13)15/h5-7,11,19,21H,3-4,8-9H2,1-2H3. The summed E-state index contributed by atoms with van der Waals surface area (Å²) >= 11 is 5.87. The number of aliphatic hydroxyl groups is 1. The Labute approximate surface area is 127 Å². The highest BCUT2D eigenvalue weighted by molar-refractivity contribution is 6.33. The summed E-state index contributed by atoms with van der Waals surface area (Å²) in [6.07, 6.45) is -5.10. The summed E-state index contributed by atoms with van der Waals surface area (Å²) in [7, 11) is 0. The van der Waals surface area contributed by atoms with E-state index in [0.717, 1.165) is 25.2 Å². The minimum absolute atomic E-state index is 0.136. The third kappa shape index (κ3) is 5.73. The number of aliphatic hydroxyl groups excluding tert-OH is 1. The fourth-order valence-electron chi connectivity index (χ4n) is 1.91. The molecule has 0 spiro atoms. The smallest absolute Gasteiger partial charge is 0.390 e. The van der Waals surface area contributed by atoms with E-state index in [1.165, 1.54) is 6.07 Å². The van der Waals surface area contributed by atoms with Gasteiger partial charge in [0.15, 0.2) is 0 Å². The van der Waals surface area contributed by atoms with Crippen LogP contribution in [0.5, 0.6) is 0 Å². The third-order valence-corrected chi connectivity index (χ3v) is 3.51. The quantitative estimate of drug-likeness (QED) is 0.806. The Balaban J connectivity index is 2.66. The first-order valence-electron chi connectivity index (χ1n) is 6.79. The van der Waals surface area contributed by atoms with Gasteiger partial charge in [-0.1, -0.05) is 25.4 Å². The minimum Gasteiger partial charge on any atom is -0.390 e. The second-order valence-electron chi connectivity index (χ2n) is 4.71. The van der Waals surface area contributed by atoms with E-state index < -0.39 is 17.8 Å². The Morgan fingerprint density at radius 1 is 1.29 bits per heavy atom. The zero-order valence-corrected chi connectivity index (χ0v) is 12.8. The van der Waals surface area contributed by atoms with Crippen molar-refractivity contribution >= 4 is 17.3 Å². The number of hydrogen-bond donors (Lipinski definition) is 2. The van der Waals surface area contributed by atoms with Crippen molar-refractivity contribution < 1.29 is 18.3 Å². The molecule has 1 unspecified atom stereocenters. The molecule has 0 heterocycles. The van der Waals surface area contributed by atoms with Crippen LogP contribution in [0.3, 0.4) is 0 Å². The molecule has 0 aliphatic carbocycles. The molecule has 2 N–H and O–H groups in total. The lowest BCUT2D eigenvalue weighted by molar-refractivity contribution is -0.137. The van der Waals surface area contributed by atoms with Crippen LogP contribution in [-0.2, 0) is 6.18 Å². The van der Waals surface area contributed by atoms with Gasteiger partial charge in [-0.25, -0.2) is 0 Å². The van der Waals surface area contributed by atoms with Gasteiger partial charge in [-0.2, -0.15) is 13.2 Å². The van der Waals surface area contributed by atoms with Gasteiger partial charge in [-0.15, -0.1) is 0 Å². The van der Waals surface area contributed by atoms with Gasteiger partial charge in [-0.05, 0) is 31.3 Å². The molecular formula is C14H20ClF3N2O. The number of benzene rings is 1. The van der Waals surface area contributed by atoms with Crippen LogP contribution in [-0.4, -0.2) is 42.3 Å². The highest BCUT2D eigenvalue weighted by Gasteiger charge is 2.30. The number of anilines is 1. The molecule has 21 heavy (non-hydrogen) atoms. The maximum atomic E-state index is 12.6. The highest BCUT2D eigenvalue weighted by atomic mass is 35.5. The van der Waals surface area contributed by atoms with Crippen LogP contribution in [0.1, 0.15) is 19.4 Å². The zero-order valence-electron chi connectivity index (χ0n) is 12.0. The van der Waals surface area contributed by atoms with Crippen LogP contribution in [0.15, 0.2) is 18.2 Å². The predicted octanol–water partition coefficient (Wildman–Crippen LogP) is 3.47. The first kappa shape index (κ1) is 18.1. The number of nitrogens with one attached hydrogen (secondary N) is 1. The molecule has 1 aromatic carbocycles. The van der Waals surface area contributed by atoms with Crippen LogP contribution >= 0.6 is 11.6 Å². The molecule has 7 heteroatoms. The summed E-state index contributed by atoms with van der Waals surface area (Å²) in [5.41, 5.74) is -0.599. The van der Waals surface area contributed by atoms with Gasteiger partial charge in [0.1, 0.15) is 0 Å². The third-order valence-electron chi connectivity index (χ3n) is 3.19. The SMILES string of the molecule is CCN(CC)CC(O)CNc1cc(C(F)(F)F)ccc1Cl. The van der Waals surface area contributed by atoms with Gasteiger partial charge >= 0.3 is 6.18 Å². The summed E-state index contributed by atoms with van der Waals surface area (Å²) in [5, 5.41) is 12.9. The van der Waals surface area contributed by atoms with E-state index >= 15 is 0 Å². The van der Waals surface area contributed by atoms with Gasteiger partial charge in [0.2, 0.25) is 0 Å². The molecule has 0 saturated heterocycles. The van der Waals surface area contributed by atoms with E-state index in [2.05, 4.69) is 5.32 Å². The number of alkyl halides is 3. The number of rotatable bonds is 7. The molecule has 120 valence electrons. The van der Waals surface area contributed by atoms with E-state index in [4.69, 9.17) is 11.6 Å². The zero-order chi connectivity index (χ0) is 16.0. The Bertz CT molecular complexity index is 450. The molecule has 0 aromatic heterocycles. The van der Waals surface area contributed by atoms with Crippen LogP contribution < -0.4 is 5.32 Å². The van der Waals surface area contributed by atoms with Crippen molar-refractivity contribution in [2.24, 2.45) is 0 Å². The van der Waals surface area contributed by atoms with Crippen LogP contribution in [0, 0.1) is 0 Å². The fraction of sp³-hybridized carbons (Fsp3) is 0.571. The van der Waals surface area contributed by atoms with E-state index in [-0.39, 0.29) is 17.3 Å². The average molecular weight is 325 g/mol. The van der Waals surface area contributed by atoms with Gasteiger partial charge in [0.05, 0.1) is 22.4 Å². The van der Waals surface area contributed by atoms with Crippen molar-refractivity contribution in [2.75, 3.05) is 31.5 Å². The molecule has 3 nitrogen and oxygen atoms in total. The molecule has 0 amide bonds. The molecule has 0 aliphatic heterocycles. The topological polar surface area (TPSA) is 35.5 Å². The molecular weight excluding hydrogens is 305 g/mol. The largest absolute Gasteiger partial charge is 0.416 e. The highest BCUT2D eigenvalue weighted by Crippen LogP contribution is 2.33. The Morgan fingerprint density at radius 3 is 2.43 bits per heavy atom. The van der Waals surface area contributed by atoms with E-state index in [0.29, 0.717) is 6.54 Å². The molecule has 1 atom stereocenters. The lowest BCUT2D eigenvalue weighted by Crippen LogP contribution is -2.36. The number of hydrogen-bond acceptors (Lipinski definition) is 3. The number of likely N-dealkylation sites (N-methyl/N-ethyl adjacent to an activating group) is 1. The Hall–Kier alpha value is -0.980. The number of halogens is 4. The van der Waals surface area contributed by atoms with Crippen molar-refractivity contribution in [3.63, 3.8) is 0 Å². The van der Waals surface area contributed by atoms with Crippen molar-refractivity contribution in [2.45, 2.75) is 26.1 Å². The lowest BCUT2D eigenvalue weighted by atomic mass is 10.2. The van der Waals surface area contributed by atoms with E-state index in [1.54, 1.807) is 0 Å². The van der Waals surface area contributed by atoms with Crippen molar-refractivity contribution in [1.82, 2.24) is 4.90 Å². The Morgan fingerprint density at radius 2 is 1.90 bits per heavy atom. The van der Waals surface area contributed by atoms with Crippen molar-refractivity contribution in [1.29, 1.82) is 0 Å². The minimum atomic E-state index is -4.42. The first-order valence-corrected chi connectivity index (χ1v) is 7.16. The van der Waals surface area contributed by atoms with E-state index in [9.17, 15) is 18.3 Å². The van der Waals surface area contributed by atoms with Crippen molar-refractivity contribution in [3.8, 4) is 0 Å². The predicted molar refractivity (Wildman–Crippen MR) is 78.7 cm³/mol. The molecule has 0 aliphatic rings. The van der Waals surface area contributed by atoms with Crippen LogP contribution in [0.4, 0.5) is 18.9 Å². The molecule has 0 saturated carbocycles. The van der Waals surface area contributed by atoms with Gasteiger partial charge < -0.3 is 15.3 Å². The summed E-state index contributed by atoms with van der Waals surface area (Å²) in [4.78, 5) is 2.03. The summed E-state index contributed by atoms with van der Waals surface area (Å²) in [6, 6.07) is 3.08. The molecule has 0 bridgehead atoms. The molecule has 0 fully saturated rings. The van der Waals surface area contributed by atoms with Crippen LogP contribution in [0.2, 0.25) is 5.02 Å². The second kappa shape index (κ2) is 7.87. The molecule has 1 rings (SSSR count). The Kier molecular flexibility index (Phi) is 6.77. The second-order valence-corrected chi connectivity index (χ2v) is 5.12. The summed E-state index contributed by atoms with van der Waals surface area (Å²) in [6.45, 7) is 6.16. The monoisotopic (exact) mass is 324 g/mol. The first-order chi connectivity index (χ1) is 9.77. The summed E-state index contributed by atoms with van der Waals surface area (Å²) in [5.74, 6) is 0. The van der Waals surface area contributed by atoms with Gasteiger partial charge in [0.25, 0.3) is 0 Å². The van der Waals surface area contributed by atoms with Crippen molar-refractivity contribution in [3.05, 3.63) is 28.8 Å². The number of nitrogens with zero attached hydrogens (tertiary/aromatic N) is 1. The average Bonchev–Trinajstić information content (AvgIpc) is 2.42. The fourth-order valence-corrected chi connectivity index (χ4v) is 2.09. The summed E-state index contributed by atoms with van der Waals surface area (Å²) < 4.78 is 37.9. The molecule has 1 aromatic rings. The maximum absolute atomic E-state index is 12.6. The van der Waals surface area contributed by atoms with Gasteiger partial charge in [-0.3, -0.25) is 0 Å². The van der Waals surface area contributed by atoms with E-state index in [1.807, 2.05) is 18.7 Å². The molecule has 0 radical (unpaired) electrons. The van der Waals surface area contributed by atoms with Crippen LogP contribution in [0.25, 0.3) is 0 Å². The lowest BCUT2D eigenvalue weighted by Gasteiger charge is -2.22. The van der Waals surface area contributed by atoms with Gasteiger partial charge in [0, 0.05) is 13.1 Å². The normalized spacial score (nSPS) is 13.5. The maximum Gasteiger partial charge on any atom is 0.416 e.